The zero-order chi connectivity index (χ0) is 57.7. The Balaban J connectivity index is -0.000000874. The number of aromatic nitrogens is 2. The summed E-state index contributed by atoms with van der Waals surface area (Å²) in [6.07, 6.45) is -1.36. The van der Waals surface area contributed by atoms with Crippen molar-refractivity contribution in [3.63, 3.8) is 0 Å². The number of aromatic hydroxyl groups is 2. The summed E-state index contributed by atoms with van der Waals surface area (Å²) in [5.41, 5.74) is 17.4. The number of nitrogen functional groups attached to an aromatic ring is 1. The van der Waals surface area contributed by atoms with Gasteiger partial charge in [-0.3, -0.25) is 48.5 Å². The van der Waals surface area contributed by atoms with Crippen molar-refractivity contribution in [3.8, 4) is 11.5 Å². The van der Waals surface area contributed by atoms with Crippen LogP contribution in [0, 0.1) is 50.3 Å². The van der Waals surface area contributed by atoms with E-state index >= 15 is 0 Å². The van der Waals surface area contributed by atoms with E-state index in [1.807, 2.05) is 88.4 Å². The molecule has 0 saturated heterocycles. The number of anilines is 3. The van der Waals surface area contributed by atoms with E-state index in [4.69, 9.17) is 33.1 Å². The summed E-state index contributed by atoms with van der Waals surface area (Å²) >= 11 is 4.81. The molecule has 0 spiro atoms. The molecule has 27 heteroatoms. The number of carbonyl (C=O) groups is 6. The smallest absolute Gasteiger partial charge is 0.870 e. The molecule has 0 unspecified atom stereocenters. The summed E-state index contributed by atoms with van der Waals surface area (Å²) < 4.78 is 4.12. The number of rotatable bonds is 9. The van der Waals surface area contributed by atoms with Crippen LogP contribution in [0.5, 0.6) is 11.5 Å². The first-order valence-electron chi connectivity index (χ1n) is 21.8. The number of nitrogens with one attached hydrogen (secondary N) is 5. The minimum absolute atomic E-state index is 0. The second kappa shape index (κ2) is 38.5. The molecule has 0 fully saturated rings. The number of carbonyl (C=O) groups excluding carboxylic acids is 4. The molecule has 0 aliphatic carbocycles. The van der Waals surface area contributed by atoms with E-state index < -0.39 is 69.7 Å². The molecular formula is C52H61ClN9NaO16. The van der Waals surface area contributed by atoms with E-state index in [2.05, 4.69) is 36.4 Å². The summed E-state index contributed by atoms with van der Waals surface area (Å²) in [7, 11) is 1.20. The SMILES string of the molecule is C.COC(=O)CC(=O)Cl.Cc1ccc(N)cc1.Cc1ccc(NC(=O)CC(=O)O)cc1.Cc1ccc(NC(=O)CC(=O)O)cc1.Cc1ccc2[nH]c(=O)c([N+](=O)[O-])c(O)c2c1.Cc1ccc2[nH]c(=O)cc(O)c2c1.N=NN.[Na+].[OH-]. The van der Waals surface area contributed by atoms with Gasteiger partial charge < -0.3 is 62.8 Å². The van der Waals surface area contributed by atoms with E-state index in [0.717, 1.165) is 27.9 Å². The number of nitrogens with zero attached hydrogens (tertiary/aromatic N) is 2. The Labute approximate surface area is 479 Å². The largest absolute Gasteiger partial charge is 1.00 e. The first kappa shape index (κ1) is 74.2. The van der Waals surface area contributed by atoms with Gasteiger partial charge in [-0.25, -0.2) is 0 Å². The van der Waals surface area contributed by atoms with Crippen LogP contribution < -0.4 is 62.9 Å². The number of pyridine rings is 2. The number of nitro groups is 1. The fourth-order valence-corrected chi connectivity index (χ4v) is 5.72. The van der Waals surface area contributed by atoms with Crippen molar-refractivity contribution >= 4 is 91.1 Å². The van der Waals surface area contributed by atoms with Gasteiger partial charge in [-0.05, 0) is 107 Å². The topological polar surface area (TPSA) is 444 Å². The number of nitrogens with two attached hydrogens (primary N) is 2. The van der Waals surface area contributed by atoms with Crippen LogP contribution in [0.2, 0.25) is 0 Å². The number of hydrogen-bond donors (Lipinski definition) is 11. The van der Waals surface area contributed by atoms with Crippen molar-refractivity contribution < 1.29 is 93.9 Å². The van der Waals surface area contributed by atoms with Crippen molar-refractivity contribution in [2.45, 2.75) is 61.3 Å². The molecule has 0 atom stereocenters. The predicted octanol–water partition coefficient (Wildman–Crippen LogP) is 5.06. The number of halogens is 1. The molecule has 2 aromatic heterocycles. The van der Waals surface area contributed by atoms with Gasteiger partial charge in [0.25, 0.3) is 5.56 Å². The van der Waals surface area contributed by atoms with E-state index in [0.29, 0.717) is 27.8 Å². The number of aromatic amines is 2. The number of carboxylic acids is 2. The Morgan fingerprint density at radius 1 is 0.671 bits per heavy atom. The Morgan fingerprint density at radius 2 is 1.04 bits per heavy atom. The molecule has 2 heterocycles. The first-order valence-corrected chi connectivity index (χ1v) is 22.2. The summed E-state index contributed by atoms with van der Waals surface area (Å²) in [5, 5.41) is 53.9. The van der Waals surface area contributed by atoms with Crippen LogP contribution in [0.25, 0.3) is 21.8 Å². The predicted molar refractivity (Wildman–Crippen MR) is 294 cm³/mol. The van der Waals surface area contributed by atoms with Crippen LogP contribution in [-0.4, -0.2) is 82.9 Å². The Hall–Kier alpha value is -9.01. The summed E-state index contributed by atoms with van der Waals surface area (Å²) in [6.45, 7) is 9.63. The van der Waals surface area contributed by atoms with Gasteiger partial charge in [0.1, 0.15) is 25.0 Å². The molecule has 5 aromatic carbocycles. The second-order valence-corrected chi connectivity index (χ2v) is 16.1. The van der Waals surface area contributed by atoms with Crippen molar-refractivity contribution in [1.82, 2.24) is 9.97 Å². The number of aliphatic carboxylic acids is 2. The third kappa shape index (κ3) is 30.4. The van der Waals surface area contributed by atoms with Gasteiger partial charge in [0.15, 0.2) is 0 Å². The second-order valence-electron chi connectivity index (χ2n) is 15.6. The van der Waals surface area contributed by atoms with Gasteiger partial charge in [-0.1, -0.05) is 89.0 Å². The molecule has 79 heavy (non-hydrogen) atoms. The van der Waals surface area contributed by atoms with Crippen LogP contribution in [-0.2, 0) is 33.5 Å². The van der Waals surface area contributed by atoms with Gasteiger partial charge in [0, 0.05) is 33.9 Å². The van der Waals surface area contributed by atoms with E-state index in [1.54, 1.807) is 55.5 Å². The maximum atomic E-state index is 11.3. The number of carboxylic acid groups (broad SMARTS) is 2. The maximum absolute atomic E-state index is 11.3. The standard InChI is InChI=1S/C10H8N2O4.2C10H11NO3.C10H9NO2.C7H9N.C4H5ClO3.CH4.H3N3.Na.H2O/c1-5-2-3-7-6(4-5)9(13)8(12(15)16)10(14)11-7;2*1-7-2-4-8(5-3-7)11-9(12)6-10(13)14;1-6-2-3-8-7(4-6)9(12)5-10(13)11-8;1-6-2-4-7(8)5-3-6;1-8-4(7)2-3(5)6;;1-3-2;;/h2-4H,1H3,(H2,11,13,14);2*2-5H,6H2,1H3,(H,11,12)(H,13,14);2-5H,1H3,(H2,11,12,13);2-5H,8H2,1H3;2H2,1H3;1H4;(H3,1,2);;1H2/q;;;;;;;;+1;/p-1. The van der Waals surface area contributed by atoms with Crippen LogP contribution in [0.15, 0.2) is 130 Å². The molecule has 7 aromatic rings. The van der Waals surface area contributed by atoms with E-state index in [-0.39, 0.29) is 65.6 Å². The quantitative estimate of drug-likeness (QED) is 0.0104. The van der Waals surface area contributed by atoms with Crippen LogP contribution in [0.4, 0.5) is 22.7 Å². The number of fused-ring (bicyclic) bond motifs is 2. The molecule has 0 radical (unpaired) electrons. The molecule has 14 N–H and O–H groups in total. The average Bonchev–Trinajstić information content (AvgIpc) is 3.32. The third-order valence-electron chi connectivity index (χ3n) is 9.16. The van der Waals surface area contributed by atoms with Crippen molar-refractivity contribution in [2.24, 2.45) is 11.1 Å². The van der Waals surface area contributed by atoms with Gasteiger partial charge in [-0.15, -0.1) is 0 Å². The zero-order valence-electron chi connectivity index (χ0n) is 43.2. The average molecular weight is 1130 g/mol. The number of hydrogen-bond acceptors (Lipinski definition) is 17. The van der Waals surface area contributed by atoms with Gasteiger partial charge >= 0.3 is 58.7 Å². The monoisotopic (exact) mass is 1130 g/mol. The molecule has 2 amide bonds. The number of benzene rings is 5. The first-order chi connectivity index (χ1) is 35.7. The minimum atomic E-state index is -1.13. The molecule has 0 saturated carbocycles. The molecule has 418 valence electrons. The van der Waals surface area contributed by atoms with Crippen LogP contribution in [0.1, 0.15) is 54.5 Å². The Kier molecular flexibility index (Phi) is 36.2. The van der Waals surface area contributed by atoms with E-state index in [9.17, 15) is 58.7 Å². The molecule has 0 aliphatic heterocycles. The van der Waals surface area contributed by atoms with Gasteiger partial charge in [-0.2, -0.15) is 5.53 Å². The number of H-pyrrole nitrogens is 2. The molecule has 25 nitrogen and oxygen atoms in total. The molecular weight excluding hydrogens is 1070 g/mol. The summed E-state index contributed by atoms with van der Waals surface area (Å²) in [5.74, 6) is -0.313. The number of esters is 1. The molecule has 7 rings (SSSR count). The molecule has 0 aliphatic rings. The summed E-state index contributed by atoms with van der Waals surface area (Å²) in [6, 6.07) is 33.7. The minimum Gasteiger partial charge on any atom is -0.870 e. The number of aryl methyl sites for hydroxylation is 5. The van der Waals surface area contributed by atoms with Gasteiger partial charge in [0.2, 0.25) is 22.8 Å². The molecule has 0 bridgehead atoms. The van der Waals surface area contributed by atoms with Gasteiger partial charge in [0.05, 0.1) is 23.1 Å². The Bertz CT molecular complexity index is 3160. The fourth-order valence-electron chi connectivity index (χ4n) is 5.61. The Morgan fingerprint density at radius 3 is 1.38 bits per heavy atom. The fraction of sp³-hybridized carbons (Fsp3) is 0.192. The van der Waals surface area contributed by atoms with Crippen molar-refractivity contribution in [3.05, 3.63) is 174 Å². The maximum Gasteiger partial charge on any atom is 1.00 e. The number of ether oxygens (including phenoxy) is 1. The van der Waals surface area contributed by atoms with Crippen LogP contribution >= 0.6 is 11.6 Å². The number of methoxy groups -OCH3 is 1. The van der Waals surface area contributed by atoms with Crippen LogP contribution in [0.3, 0.4) is 0 Å². The zero-order valence-corrected chi connectivity index (χ0v) is 46.0. The van der Waals surface area contributed by atoms with E-state index in [1.165, 1.54) is 18.7 Å². The third-order valence-corrected chi connectivity index (χ3v) is 9.29. The normalized spacial score (nSPS) is 9.15. The van der Waals surface area contributed by atoms with Crippen molar-refractivity contribution in [2.75, 3.05) is 23.5 Å². The number of amides is 2. The van der Waals surface area contributed by atoms with Crippen molar-refractivity contribution in [1.29, 1.82) is 5.53 Å². The summed E-state index contributed by atoms with van der Waals surface area (Å²) in [4.78, 5) is 99.4.